The molecule has 2 amide bonds. The average molecular weight is 553 g/mol. The van der Waals surface area contributed by atoms with Crippen LogP contribution in [0.1, 0.15) is 16.7 Å². The van der Waals surface area contributed by atoms with Crippen LogP contribution in [0.25, 0.3) is 6.08 Å². The van der Waals surface area contributed by atoms with Crippen LogP contribution in [-0.2, 0) is 17.9 Å². The lowest BCUT2D eigenvalue weighted by Gasteiger charge is -2.13. The number of carbonyl (C=O) groups is 2. The third kappa shape index (κ3) is 5.76. The van der Waals surface area contributed by atoms with Gasteiger partial charge in [-0.15, -0.1) is 0 Å². The highest BCUT2D eigenvalue weighted by atomic mass is 35.5. The standard InChI is InChI=1S/C25H17Cl3FNO4S/c1-33-21-8-6-14(10-22(21)34-13-16-17(26)3-2-4-20(16)29)11-23-24(31)30(25(32)35-23)12-15-5-7-18(27)19(28)9-15/h2-11H,12-13H2,1H3/b23-11+. The molecule has 0 bridgehead atoms. The second kappa shape index (κ2) is 10.9. The molecule has 3 aromatic rings. The minimum absolute atomic E-state index is 0.0687. The van der Waals surface area contributed by atoms with Crippen LogP contribution in [0.2, 0.25) is 15.1 Å². The highest BCUT2D eigenvalue weighted by molar-refractivity contribution is 8.18. The second-order valence-electron chi connectivity index (χ2n) is 7.42. The summed E-state index contributed by atoms with van der Waals surface area (Å²) in [5, 5.41) is 0.579. The van der Waals surface area contributed by atoms with E-state index in [1.807, 2.05) is 0 Å². The maximum atomic E-state index is 14.1. The molecule has 0 N–H and O–H groups in total. The molecule has 10 heteroatoms. The molecule has 3 aromatic carbocycles. The summed E-state index contributed by atoms with van der Waals surface area (Å²) in [6.07, 6.45) is 1.59. The fourth-order valence-electron chi connectivity index (χ4n) is 3.32. The van der Waals surface area contributed by atoms with Gasteiger partial charge >= 0.3 is 0 Å². The summed E-state index contributed by atoms with van der Waals surface area (Å²) in [5.41, 5.74) is 1.49. The number of thioether (sulfide) groups is 1. The quantitative estimate of drug-likeness (QED) is 0.282. The van der Waals surface area contributed by atoms with Gasteiger partial charge in [-0.05, 0) is 65.4 Å². The van der Waals surface area contributed by atoms with E-state index in [9.17, 15) is 14.0 Å². The van der Waals surface area contributed by atoms with E-state index in [0.717, 1.165) is 16.7 Å². The van der Waals surface area contributed by atoms with Gasteiger partial charge in [-0.2, -0.15) is 0 Å². The number of benzene rings is 3. The van der Waals surface area contributed by atoms with E-state index in [-0.39, 0.29) is 28.6 Å². The lowest BCUT2D eigenvalue weighted by Crippen LogP contribution is -2.27. The van der Waals surface area contributed by atoms with Crippen LogP contribution in [-0.4, -0.2) is 23.2 Å². The van der Waals surface area contributed by atoms with E-state index in [4.69, 9.17) is 44.3 Å². The zero-order valence-electron chi connectivity index (χ0n) is 18.2. The van der Waals surface area contributed by atoms with Crippen molar-refractivity contribution < 1.29 is 23.5 Å². The smallest absolute Gasteiger partial charge is 0.293 e. The number of carbonyl (C=O) groups excluding carboxylic acids is 2. The zero-order valence-corrected chi connectivity index (χ0v) is 21.3. The molecule has 5 nitrogen and oxygen atoms in total. The Kier molecular flexibility index (Phi) is 7.91. The summed E-state index contributed by atoms with van der Waals surface area (Å²) in [7, 11) is 1.48. The molecule has 0 atom stereocenters. The van der Waals surface area contributed by atoms with E-state index >= 15 is 0 Å². The highest BCUT2D eigenvalue weighted by Crippen LogP contribution is 2.36. The van der Waals surface area contributed by atoms with Gasteiger partial charge in [0.25, 0.3) is 11.1 Å². The molecule has 0 unspecified atom stereocenters. The summed E-state index contributed by atoms with van der Waals surface area (Å²) < 4.78 is 25.2. The number of hydrogen-bond acceptors (Lipinski definition) is 5. The van der Waals surface area contributed by atoms with Crippen LogP contribution in [0.4, 0.5) is 9.18 Å². The van der Waals surface area contributed by atoms with Crippen molar-refractivity contribution in [3.63, 3.8) is 0 Å². The van der Waals surface area contributed by atoms with Crippen LogP contribution in [0, 0.1) is 5.82 Å². The molecule has 0 aromatic heterocycles. The van der Waals surface area contributed by atoms with Gasteiger partial charge in [0.15, 0.2) is 11.5 Å². The Morgan fingerprint density at radius 1 is 0.971 bits per heavy atom. The van der Waals surface area contributed by atoms with E-state index < -0.39 is 17.0 Å². The number of hydrogen-bond donors (Lipinski definition) is 0. The molecule has 1 fully saturated rings. The SMILES string of the molecule is COc1ccc(/C=C2/SC(=O)N(Cc3ccc(Cl)c(Cl)c3)C2=O)cc1OCc1c(F)cccc1Cl. The highest BCUT2D eigenvalue weighted by Gasteiger charge is 2.35. The number of imide groups is 1. The molecular weight excluding hydrogens is 536 g/mol. The molecule has 1 saturated heterocycles. The molecule has 0 saturated carbocycles. The monoisotopic (exact) mass is 551 g/mol. The van der Waals surface area contributed by atoms with Crippen LogP contribution in [0.5, 0.6) is 11.5 Å². The normalized spacial score (nSPS) is 14.7. The first-order valence-electron chi connectivity index (χ1n) is 10.2. The Labute approximate surface area is 220 Å². The largest absolute Gasteiger partial charge is 0.493 e. The maximum absolute atomic E-state index is 14.1. The van der Waals surface area contributed by atoms with Crippen molar-refractivity contribution in [2.75, 3.05) is 7.11 Å². The Morgan fingerprint density at radius 2 is 1.77 bits per heavy atom. The predicted octanol–water partition coefficient (Wildman–Crippen LogP) is 7.61. The van der Waals surface area contributed by atoms with Gasteiger partial charge in [0.05, 0.1) is 33.6 Å². The summed E-state index contributed by atoms with van der Waals surface area (Å²) >= 11 is 18.9. The summed E-state index contributed by atoms with van der Waals surface area (Å²) in [6.45, 7) is -0.0508. The number of nitrogens with zero attached hydrogens (tertiary/aromatic N) is 1. The third-order valence-electron chi connectivity index (χ3n) is 5.12. The Bertz CT molecular complexity index is 1330. The zero-order chi connectivity index (χ0) is 25.1. The fraction of sp³-hybridized carbons (Fsp3) is 0.120. The number of amides is 2. The van der Waals surface area contributed by atoms with Gasteiger partial charge in [0.1, 0.15) is 12.4 Å². The molecule has 0 radical (unpaired) electrons. The number of ether oxygens (including phenoxy) is 2. The van der Waals surface area contributed by atoms with Crippen molar-refractivity contribution in [3.05, 3.63) is 97.1 Å². The van der Waals surface area contributed by atoms with E-state index in [1.54, 1.807) is 48.5 Å². The van der Waals surface area contributed by atoms with Crippen molar-refractivity contribution >= 4 is 63.8 Å². The van der Waals surface area contributed by atoms with Gasteiger partial charge in [-0.25, -0.2) is 4.39 Å². The molecule has 0 aliphatic carbocycles. The van der Waals surface area contributed by atoms with E-state index in [2.05, 4.69) is 0 Å². The lowest BCUT2D eigenvalue weighted by molar-refractivity contribution is -0.123. The third-order valence-corrected chi connectivity index (χ3v) is 7.12. The molecule has 35 heavy (non-hydrogen) atoms. The molecule has 180 valence electrons. The fourth-order valence-corrected chi connectivity index (χ4v) is 4.70. The molecule has 4 rings (SSSR count). The summed E-state index contributed by atoms with van der Waals surface area (Å²) in [5.74, 6) is -0.163. The molecule has 1 aliphatic rings. The molecular formula is C25H17Cl3FNO4S. The second-order valence-corrected chi connectivity index (χ2v) is 9.63. The summed E-state index contributed by atoms with van der Waals surface area (Å²) in [4.78, 5) is 26.8. The minimum atomic E-state index is -0.483. The van der Waals surface area contributed by atoms with Crippen LogP contribution >= 0.6 is 46.6 Å². The average Bonchev–Trinajstić information content (AvgIpc) is 3.08. The number of halogens is 4. The summed E-state index contributed by atoms with van der Waals surface area (Å²) in [6, 6.07) is 14.3. The van der Waals surface area contributed by atoms with Crippen LogP contribution < -0.4 is 9.47 Å². The number of methoxy groups -OCH3 is 1. The first kappa shape index (κ1) is 25.4. The molecule has 1 aliphatic heterocycles. The van der Waals surface area contributed by atoms with Crippen molar-refractivity contribution in [1.29, 1.82) is 0 Å². The van der Waals surface area contributed by atoms with Gasteiger partial charge < -0.3 is 9.47 Å². The van der Waals surface area contributed by atoms with Gasteiger partial charge in [0, 0.05) is 5.56 Å². The molecule has 1 heterocycles. The van der Waals surface area contributed by atoms with Gasteiger partial charge in [-0.1, -0.05) is 53.0 Å². The maximum Gasteiger partial charge on any atom is 0.293 e. The van der Waals surface area contributed by atoms with Crippen molar-refractivity contribution in [1.82, 2.24) is 4.90 Å². The topological polar surface area (TPSA) is 55.8 Å². The Morgan fingerprint density at radius 3 is 2.49 bits per heavy atom. The van der Waals surface area contributed by atoms with Crippen molar-refractivity contribution in [2.45, 2.75) is 13.2 Å². The van der Waals surface area contributed by atoms with Crippen molar-refractivity contribution in [3.8, 4) is 11.5 Å². The Balaban J connectivity index is 1.54. The molecule has 0 spiro atoms. The predicted molar refractivity (Wildman–Crippen MR) is 137 cm³/mol. The van der Waals surface area contributed by atoms with E-state index in [1.165, 1.54) is 19.2 Å². The van der Waals surface area contributed by atoms with Crippen LogP contribution in [0.15, 0.2) is 59.5 Å². The first-order chi connectivity index (χ1) is 16.8. The Hall–Kier alpha value is -2.71. The van der Waals surface area contributed by atoms with Gasteiger partial charge in [-0.3, -0.25) is 14.5 Å². The number of rotatable bonds is 7. The van der Waals surface area contributed by atoms with E-state index in [0.29, 0.717) is 32.7 Å². The lowest BCUT2D eigenvalue weighted by atomic mass is 10.1. The first-order valence-corrected chi connectivity index (χ1v) is 12.1. The van der Waals surface area contributed by atoms with Gasteiger partial charge in [0.2, 0.25) is 0 Å². The van der Waals surface area contributed by atoms with Crippen LogP contribution in [0.3, 0.4) is 0 Å². The minimum Gasteiger partial charge on any atom is -0.493 e. The van der Waals surface area contributed by atoms with Crippen molar-refractivity contribution in [2.24, 2.45) is 0 Å².